The van der Waals surface area contributed by atoms with Crippen LogP contribution >= 0.6 is 11.8 Å². The third-order valence-corrected chi connectivity index (χ3v) is 4.21. The van der Waals surface area contributed by atoms with Crippen LogP contribution in [0.3, 0.4) is 0 Å². The Morgan fingerprint density at radius 3 is 2.29 bits per heavy atom. The minimum atomic E-state index is 0.0891. The van der Waals surface area contributed by atoms with Crippen molar-refractivity contribution in [2.75, 3.05) is 39.0 Å². The molecular weight excluding hydrogens is 232 g/mol. The lowest BCUT2D eigenvalue weighted by Gasteiger charge is -2.37. The number of unbranched alkanes of at least 4 members (excludes halogenated alkanes) is 1. The Kier molecular flexibility index (Phi) is 9.65. The fraction of sp³-hybridized carbons (Fsp3) is 0.923. The molecule has 0 radical (unpaired) electrons. The summed E-state index contributed by atoms with van der Waals surface area (Å²) in [4.78, 5) is 11.2. The quantitative estimate of drug-likeness (QED) is 0.646. The second kappa shape index (κ2) is 9.77. The largest absolute Gasteiger partial charge is 0.350 e. The molecule has 0 saturated carbocycles. The predicted molar refractivity (Wildman–Crippen MR) is 77.5 cm³/mol. The number of carbonyl (C=O) groups excluding carboxylic acids is 1. The first-order valence-electron chi connectivity index (χ1n) is 6.83. The fourth-order valence-corrected chi connectivity index (χ4v) is 2.99. The van der Waals surface area contributed by atoms with Crippen molar-refractivity contribution < 1.29 is 9.28 Å². The van der Waals surface area contributed by atoms with Crippen molar-refractivity contribution in [3.63, 3.8) is 0 Å². The topological polar surface area (TPSA) is 29.1 Å². The van der Waals surface area contributed by atoms with E-state index in [4.69, 9.17) is 0 Å². The van der Waals surface area contributed by atoms with Crippen molar-refractivity contribution in [1.82, 2.24) is 5.32 Å². The highest BCUT2D eigenvalue weighted by Gasteiger charge is 2.23. The van der Waals surface area contributed by atoms with E-state index in [1.54, 1.807) is 7.05 Å². The van der Waals surface area contributed by atoms with Gasteiger partial charge in [0.2, 0.25) is 0 Å². The summed E-state index contributed by atoms with van der Waals surface area (Å²) >= 11 is 1.41. The number of nitrogens with one attached hydrogen (secondary N) is 1. The number of nitrogens with zero attached hydrogens (tertiary/aromatic N) is 1. The Morgan fingerprint density at radius 1 is 1.12 bits per heavy atom. The third-order valence-electron chi connectivity index (χ3n) is 3.36. The van der Waals surface area contributed by atoms with Gasteiger partial charge in [0.1, 0.15) is 0 Å². The average molecular weight is 261 g/mol. The highest BCUT2D eigenvalue weighted by atomic mass is 32.2. The van der Waals surface area contributed by atoms with Crippen LogP contribution in [0, 0.1) is 0 Å². The number of hydrogen-bond donors (Lipinski definition) is 1. The summed E-state index contributed by atoms with van der Waals surface area (Å²) in [5.41, 5.74) is 0. The van der Waals surface area contributed by atoms with E-state index in [0.717, 1.165) is 12.3 Å². The lowest BCUT2D eigenvalue weighted by atomic mass is 10.2. The number of carbonyl (C=O) groups is 1. The monoisotopic (exact) mass is 261 g/mol. The highest BCUT2D eigenvalue weighted by Crippen LogP contribution is 2.13. The Hall–Kier alpha value is -0.220. The minimum Gasteiger partial charge on any atom is -0.350 e. The van der Waals surface area contributed by atoms with Crippen molar-refractivity contribution in [1.29, 1.82) is 0 Å². The van der Waals surface area contributed by atoms with Crippen LogP contribution in [0.4, 0.5) is 4.79 Å². The van der Waals surface area contributed by atoms with Crippen LogP contribution in [0.25, 0.3) is 0 Å². The van der Waals surface area contributed by atoms with E-state index >= 15 is 0 Å². The van der Waals surface area contributed by atoms with Gasteiger partial charge in [0.05, 0.1) is 31.9 Å². The molecule has 0 bridgehead atoms. The molecule has 0 heterocycles. The summed E-state index contributed by atoms with van der Waals surface area (Å²) in [6.07, 6.45) is 3.77. The van der Waals surface area contributed by atoms with Crippen LogP contribution in [-0.4, -0.2) is 48.7 Å². The van der Waals surface area contributed by atoms with Gasteiger partial charge in [0.25, 0.3) is 5.24 Å². The van der Waals surface area contributed by atoms with E-state index in [9.17, 15) is 4.79 Å². The van der Waals surface area contributed by atoms with E-state index < -0.39 is 0 Å². The Morgan fingerprint density at radius 2 is 1.82 bits per heavy atom. The lowest BCUT2D eigenvalue weighted by molar-refractivity contribution is -0.924. The fourth-order valence-electron chi connectivity index (χ4n) is 2.18. The maximum Gasteiger partial charge on any atom is 0.279 e. The molecule has 0 spiro atoms. The number of amides is 1. The van der Waals surface area contributed by atoms with E-state index in [0.29, 0.717) is 0 Å². The van der Waals surface area contributed by atoms with E-state index in [-0.39, 0.29) is 5.24 Å². The molecule has 0 aromatic heterocycles. The molecule has 0 saturated heterocycles. The van der Waals surface area contributed by atoms with Gasteiger partial charge in [0, 0.05) is 7.05 Å². The number of hydrogen-bond acceptors (Lipinski definition) is 2. The summed E-state index contributed by atoms with van der Waals surface area (Å²) in [7, 11) is 1.69. The molecule has 1 unspecified atom stereocenters. The van der Waals surface area contributed by atoms with E-state index in [1.807, 2.05) is 0 Å². The molecule has 1 amide bonds. The molecule has 0 aromatic carbocycles. The van der Waals surface area contributed by atoms with E-state index in [1.165, 1.54) is 55.1 Å². The van der Waals surface area contributed by atoms with Crippen molar-refractivity contribution in [3.05, 3.63) is 0 Å². The first kappa shape index (κ1) is 16.8. The molecule has 17 heavy (non-hydrogen) atoms. The SMILES string of the molecule is CCCC[N+](CC)(CCC)CCSC(=O)NC. The first-order chi connectivity index (χ1) is 8.14. The van der Waals surface area contributed by atoms with Gasteiger partial charge in [-0.2, -0.15) is 0 Å². The van der Waals surface area contributed by atoms with Gasteiger partial charge in [-0.3, -0.25) is 4.79 Å². The molecule has 3 nitrogen and oxygen atoms in total. The van der Waals surface area contributed by atoms with Crippen molar-refractivity contribution >= 4 is 17.0 Å². The number of rotatable bonds is 9. The molecule has 0 rings (SSSR count). The number of thioether (sulfide) groups is 1. The van der Waals surface area contributed by atoms with Crippen LogP contribution < -0.4 is 5.32 Å². The van der Waals surface area contributed by atoms with Gasteiger partial charge in [-0.1, -0.05) is 32.0 Å². The molecule has 0 aliphatic heterocycles. The first-order valence-corrected chi connectivity index (χ1v) is 7.82. The summed E-state index contributed by atoms with van der Waals surface area (Å²) < 4.78 is 1.17. The molecule has 0 aliphatic rings. The molecule has 102 valence electrons. The Bertz CT molecular complexity index is 212. The predicted octanol–water partition coefficient (Wildman–Crippen LogP) is 3.11. The van der Waals surface area contributed by atoms with Crippen molar-refractivity contribution in [2.24, 2.45) is 0 Å². The third kappa shape index (κ3) is 6.94. The second-order valence-corrected chi connectivity index (χ2v) is 5.64. The highest BCUT2D eigenvalue weighted by molar-refractivity contribution is 8.13. The van der Waals surface area contributed by atoms with E-state index in [2.05, 4.69) is 26.1 Å². The molecule has 0 aromatic rings. The van der Waals surface area contributed by atoms with Gasteiger partial charge in [0.15, 0.2) is 0 Å². The summed E-state index contributed by atoms with van der Waals surface area (Å²) in [5, 5.41) is 2.75. The smallest absolute Gasteiger partial charge is 0.279 e. The van der Waals surface area contributed by atoms with Crippen LogP contribution in [0.2, 0.25) is 0 Å². The van der Waals surface area contributed by atoms with Crippen LogP contribution in [0.1, 0.15) is 40.0 Å². The van der Waals surface area contributed by atoms with Crippen molar-refractivity contribution in [3.8, 4) is 0 Å². The summed E-state index contributed by atoms with van der Waals surface area (Å²) in [6.45, 7) is 11.6. The van der Waals surface area contributed by atoms with Gasteiger partial charge >= 0.3 is 0 Å². The summed E-state index contributed by atoms with van der Waals surface area (Å²) in [6, 6.07) is 0. The van der Waals surface area contributed by atoms with Gasteiger partial charge in [-0.05, 0) is 19.8 Å². The second-order valence-electron chi connectivity index (χ2n) is 4.57. The lowest BCUT2D eigenvalue weighted by Crippen LogP contribution is -2.50. The zero-order chi connectivity index (χ0) is 13.1. The zero-order valence-electron chi connectivity index (χ0n) is 11.9. The average Bonchev–Trinajstić information content (AvgIpc) is 2.35. The molecule has 4 heteroatoms. The number of quaternary nitrogens is 1. The maximum absolute atomic E-state index is 11.2. The summed E-state index contributed by atoms with van der Waals surface area (Å²) in [5.74, 6) is 0.928. The maximum atomic E-state index is 11.2. The molecule has 1 N–H and O–H groups in total. The molecule has 0 fully saturated rings. The van der Waals surface area contributed by atoms with Crippen molar-refractivity contribution in [2.45, 2.75) is 40.0 Å². The Labute approximate surface area is 111 Å². The van der Waals surface area contributed by atoms with Crippen LogP contribution in [0.5, 0.6) is 0 Å². The normalized spacial score (nSPS) is 14.4. The molecule has 1 atom stereocenters. The molecular formula is C13H29N2OS+. The van der Waals surface area contributed by atoms with Crippen LogP contribution in [0.15, 0.2) is 0 Å². The molecule has 0 aliphatic carbocycles. The Balaban J connectivity index is 4.19. The minimum absolute atomic E-state index is 0.0891. The van der Waals surface area contributed by atoms with Crippen LogP contribution in [-0.2, 0) is 0 Å². The van der Waals surface area contributed by atoms with Gasteiger partial charge in [-0.15, -0.1) is 0 Å². The van der Waals surface area contributed by atoms with Gasteiger partial charge < -0.3 is 9.80 Å². The zero-order valence-corrected chi connectivity index (χ0v) is 12.7. The van der Waals surface area contributed by atoms with Gasteiger partial charge in [-0.25, -0.2) is 0 Å². The standard InChI is InChI=1S/C13H28N2OS/c1-5-8-10-15(7-3,9-6-2)11-12-17-13(16)14-4/h5-12H2,1-4H3/p+1.